The van der Waals surface area contributed by atoms with Gasteiger partial charge in [0.15, 0.2) is 0 Å². The molecule has 1 heterocycles. The van der Waals surface area contributed by atoms with Crippen LogP contribution in [0.15, 0.2) is 24.3 Å². The zero-order chi connectivity index (χ0) is 17.5. The Morgan fingerprint density at radius 1 is 1.17 bits per heavy atom. The highest BCUT2D eigenvalue weighted by Gasteiger charge is 2.21. The molecule has 1 aromatic carbocycles. The van der Waals surface area contributed by atoms with Crippen molar-refractivity contribution in [3.05, 3.63) is 30.1 Å². The molecule has 0 radical (unpaired) electrons. The number of benzene rings is 1. The monoisotopic (exact) mass is 336 g/mol. The van der Waals surface area contributed by atoms with E-state index in [1.165, 1.54) is 12.1 Å². The van der Waals surface area contributed by atoms with Gasteiger partial charge in [-0.15, -0.1) is 0 Å². The molecule has 2 N–H and O–H groups in total. The van der Waals surface area contributed by atoms with Gasteiger partial charge in [-0.25, -0.2) is 4.39 Å². The number of hydrogen-bond acceptors (Lipinski definition) is 4. The summed E-state index contributed by atoms with van der Waals surface area (Å²) in [6.45, 7) is 7.41. The number of likely N-dealkylation sites (N-methyl/N-ethyl adjacent to an activating group) is 1. The van der Waals surface area contributed by atoms with Crippen LogP contribution in [0.4, 0.5) is 10.1 Å². The Morgan fingerprint density at radius 2 is 1.79 bits per heavy atom. The van der Waals surface area contributed by atoms with Crippen LogP contribution in [0.2, 0.25) is 0 Å². The molecule has 1 saturated heterocycles. The number of halogens is 1. The molecule has 132 valence electrons. The van der Waals surface area contributed by atoms with Crippen LogP contribution in [0, 0.1) is 5.82 Å². The summed E-state index contributed by atoms with van der Waals surface area (Å²) in [6, 6.07) is 5.92. The van der Waals surface area contributed by atoms with Crippen LogP contribution in [-0.4, -0.2) is 62.0 Å². The fourth-order valence-corrected chi connectivity index (χ4v) is 2.70. The Bertz CT molecular complexity index is 556. The maximum atomic E-state index is 13.0. The summed E-state index contributed by atoms with van der Waals surface area (Å²) >= 11 is 0. The summed E-state index contributed by atoms with van der Waals surface area (Å²) in [6.07, 6.45) is 0. The third kappa shape index (κ3) is 5.19. The van der Waals surface area contributed by atoms with Crippen molar-refractivity contribution < 1.29 is 14.0 Å². The lowest BCUT2D eigenvalue weighted by atomic mass is 10.2. The van der Waals surface area contributed by atoms with E-state index in [1.807, 2.05) is 6.92 Å². The van der Waals surface area contributed by atoms with E-state index in [9.17, 15) is 14.0 Å². The lowest BCUT2D eigenvalue weighted by molar-refractivity contribution is -0.129. The van der Waals surface area contributed by atoms with Crippen molar-refractivity contribution in [2.45, 2.75) is 19.9 Å². The zero-order valence-corrected chi connectivity index (χ0v) is 14.2. The van der Waals surface area contributed by atoms with Crippen LogP contribution in [0.1, 0.15) is 13.8 Å². The summed E-state index contributed by atoms with van der Waals surface area (Å²) in [5, 5.41) is 5.39. The smallest absolute Gasteiger partial charge is 0.242 e. The highest BCUT2D eigenvalue weighted by atomic mass is 19.1. The third-order valence-electron chi connectivity index (χ3n) is 4.05. The van der Waals surface area contributed by atoms with Gasteiger partial charge in [0.25, 0.3) is 0 Å². The van der Waals surface area contributed by atoms with Crippen molar-refractivity contribution in [1.29, 1.82) is 0 Å². The Morgan fingerprint density at radius 3 is 2.38 bits per heavy atom. The highest BCUT2D eigenvalue weighted by Crippen LogP contribution is 2.16. The zero-order valence-electron chi connectivity index (χ0n) is 14.2. The van der Waals surface area contributed by atoms with Crippen LogP contribution in [0.25, 0.3) is 0 Å². The standard InChI is InChI=1S/C17H25FN4O2/c1-3-19-17(24)13(2)20-16(23)12-21-8-10-22(11-9-21)15-6-4-14(18)5-7-15/h4-7,13H,3,8-12H2,1-2H3,(H,19,24)(H,20,23)/t13-/m0/s1. The first-order valence-corrected chi connectivity index (χ1v) is 8.29. The fraction of sp³-hybridized carbons (Fsp3) is 0.529. The second-order valence-electron chi connectivity index (χ2n) is 5.92. The van der Waals surface area contributed by atoms with Crippen LogP contribution in [-0.2, 0) is 9.59 Å². The largest absolute Gasteiger partial charge is 0.369 e. The number of amides is 2. The first-order chi connectivity index (χ1) is 11.5. The van der Waals surface area contributed by atoms with Crippen LogP contribution in [0.5, 0.6) is 0 Å². The number of anilines is 1. The molecule has 0 aromatic heterocycles. The van der Waals surface area contributed by atoms with E-state index >= 15 is 0 Å². The van der Waals surface area contributed by atoms with Gasteiger partial charge < -0.3 is 15.5 Å². The third-order valence-corrected chi connectivity index (χ3v) is 4.05. The minimum Gasteiger partial charge on any atom is -0.369 e. The van der Waals surface area contributed by atoms with Crippen molar-refractivity contribution in [1.82, 2.24) is 15.5 Å². The number of nitrogens with zero attached hydrogens (tertiary/aromatic N) is 2. The van der Waals surface area contributed by atoms with E-state index in [2.05, 4.69) is 20.4 Å². The second kappa shape index (κ2) is 8.63. The van der Waals surface area contributed by atoms with E-state index in [-0.39, 0.29) is 24.2 Å². The summed E-state index contributed by atoms with van der Waals surface area (Å²) in [5.74, 6) is -0.564. The van der Waals surface area contributed by atoms with E-state index in [1.54, 1.807) is 19.1 Å². The van der Waals surface area contributed by atoms with Gasteiger partial charge in [-0.2, -0.15) is 0 Å². The van der Waals surface area contributed by atoms with Crippen molar-refractivity contribution in [2.75, 3.05) is 44.2 Å². The quantitative estimate of drug-likeness (QED) is 0.798. The van der Waals surface area contributed by atoms with Crippen molar-refractivity contribution in [3.63, 3.8) is 0 Å². The van der Waals surface area contributed by atoms with E-state index in [0.717, 1.165) is 31.9 Å². The van der Waals surface area contributed by atoms with Gasteiger partial charge in [-0.05, 0) is 38.1 Å². The number of nitrogens with one attached hydrogen (secondary N) is 2. The predicted octanol–water partition coefficient (Wildman–Crippen LogP) is 0.589. The van der Waals surface area contributed by atoms with Gasteiger partial charge in [0.05, 0.1) is 6.54 Å². The van der Waals surface area contributed by atoms with Crippen LogP contribution < -0.4 is 15.5 Å². The Hall–Kier alpha value is -2.15. The first kappa shape index (κ1) is 18.2. The van der Waals surface area contributed by atoms with Gasteiger partial charge in [-0.1, -0.05) is 0 Å². The molecule has 0 aliphatic carbocycles. The Balaban J connectivity index is 1.75. The van der Waals surface area contributed by atoms with Gasteiger partial charge in [-0.3, -0.25) is 14.5 Å². The molecule has 1 aliphatic heterocycles. The van der Waals surface area contributed by atoms with Crippen molar-refractivity contribution >= 4 is 17.5 Å². The molecular weight excluding hydrogens is 311 g/mol. The fourth-order valence-electron chi connectivity index (χ4n) is 2.70. The molecule has 0 unspecified atom stereocenters. The van der Waals surface area contributed by atoms with E-state index in [0.29, 0.717) is 6.54 Å². The van der Waals surface area contributed by atoms with Gasteiger partial charge >= 0.3 is 0 Å². The molecule has 1 fully saturated rings. The first-order valence-electron chi connectivity index (χ1n) is 8.29. The normalized spacial score (nSPS) is 16.5. The number of rotatable bonds is 6. The molecule has 7 heteroatoms. The number of carbonyl (C=O) groups excluding carboxylic acids is 2. The van der Waals surface area contributed by atoms with Crippen molar-refractivity contribution in [3.8, 4) is 0 Å². The van der Waals surface area contributed by atoms with E-state index < -0.39 is 6.04 Å². The topological polar surface area (TPSA) is 64.7 Å². The highest BCUT2D eigenvalue weighted by molar-refractivity contribution is 5.87. The Kier molecular flexibility index (Phi) is 6.54. The number of piperazine rings is 1. The summed E-state index contributed by atoms with van der Waals surface area (Å²) in [5.41, 5.74) is 0.991. The molecule has 2 rings (SSSR count). The Labute approximate surface area is 142 Å². The minimum atomic E-state index is -0.530. The van der Waals surface area contributed by atoms with Crippen molar-refractivity contribution in [2.24, 2.45) is 0 Å². The lowest BCUT2D eigenvalue weighted by Crippen LogP contribution is -2.52. The average molecular weight is 336 g/mol. The molecule has 1 aliphatic rings. The lowest BCUT2D eigenvalue weighted by Gasteiger charge is -2.35. The summed E-state index contributed by atoms with van der Waals surface area (Å²) < 4.78 is 13.0. The summed E-state index contributed by atoms with van der Waals surface area (Å²) in [7, 11) is 0. The number of carbonyl (C=O) groups is 2. The number of hydrogen-bond donors (Lipinski definition) is 2. The second-order valence-corrected chi connectivity index (χ2v) is 5.92. The average Bonchev–Trinajstić information content (AvgIpc) is 2.56. The molecular formula is C17H25FN4O2. The molecule has 0 bridgehead atoms. The summed E-state index contributed by atoms with van der Waals surface area (Å²) in [4.78, 5) is 27.9. The van der Waals surface area contributed by atoms with Crippen LogP contribution >= 0.6 is 0 Å². The van der Waals surface area contributed by atoms with Gasteiger partial charge in [0.2, 0.25) is 11.8 Å². The molecule has 0 spiro atoms. The SMILES string of the molecule is CCNC(=O)[C@H](C)NC(=O)CN1CCN(c2ccc(F)cc2)CC1. The molecule has 24 heavy (non-hydrogen) atoms. The molecule has 6 nitrogen and oxygen atoms in total. The maximum absolute atomic E-state index is 13.0. The predicted molar refractivity (Wildman–Crippen MR) is 91.3 cm³/mol. The van der Waals surface area contributed by atoms with Crippen LogP contribution in [0.3, 0.4) is 0 Å². The minimum absolute atomic E-state index is 0.149. The molecule has 2 amide bonds. The maximum Gasteiger partial charge on any atom is 0.242 e. The molecule has 0 saturated carbocycles. The van der Waals surface area contributed by atoms with Gasteiger partial charge in [0, 0.05) is 38.4 Å². The molecule has 1 aromatic rings. The van der Waals surface area contributed by atoms with E-state index in [4.69, 9.17) is 0 Å². The molecule has 1 atom stereocenters. The van der Waals surface area contributed by atoms with Gasteiger partial charge in [0.1, 0.15) is 11.9 Å².